The van der Waals surface area contributed by atoms with Gasteiger partial charge in [-0.2, -0.15) is 0 Å². The Balaban J connectivity index is 3.74. The summed E-state index contributed by atoms with van der Waals surface area (Å²) in [5, 5.41) is 17.7. The van der Waals surface area contributed by atoms with Gasteiger partial charge in [-0.25, -0.2) is 0 Å². The van der Waals surface area contributed by atoms with E-state index in [4.69, 9.17) is 5.11 Å². The molecule has 0 heterocycles. The molecule has 1 atom stereocenters. The first-order valence-electron chi connectivity index (χ1n) is 3.30. The van der Waals surface area contributed by atoms with E-state index in [0.29, 0.717) is 0 Å². The van der Waals surface area contributed by atoms with E-state index in [1.54, 1.807) is 6.92 Å². The van der Waals surface area contributed by atoms with Crippen LogP contribution in [0.3, 0.4) is 0 Å². The maximum Gasteiger partial charge on any atom is 0.132 e. The number of carbonyl (C=O) groups is 1. The minimum absolute atomic E-state index is 0.0570. The number of ketones is 1. The van der Waals surface area contributed by atoms with Crippen molar-refractivity contribution in [2.24, 2.45) is 0 Å². The van der Waals surface area contributed by atoms with Gasteiger partial charge < -0.3 is 10.2 Å². The molecule has 0 saturated heterocycles. The fourth-order valence-electron chi connectivity index (χ4n) is 0.866. The summed E-state index contributed by atoms with van der Waals surface area (Å²) in [5.74, 6) is -0.0570. The average molecular weight is 146 g/mol. The third-order valence-corrected chi connectivity index (χ3v) is 1.28. The van der Waals surface area contributed by atoms with Crippen molar-refractivity contribution in [2.45, 2.75) is 32.3 Å². The van der Waals surface area contributed by atoms with E-state index in [-0.39, 0.29) is 25.2 Å². The van der Waals surface area contributed by atoms with E-state index in [0.717, 1.165) is 0 Å². The lowest BCUT2D eigenvalue weighted by Gasteiger charge is -2.19. The molecule has 3 nitrogen and oxygen atoms in total. The molecule has 0 saturated carbocycles. The summed E-state index contributed by atoms with van der Waals surface area (Å²) in [6.45, 7) is 2.89. The Hall–Kier alpha value is -0.410. The quantitative estimate of drug-likeness (QED) is 0.591. The molecule has 0 aliphatic heterocycles. The van der Waals surface area contributed by atoms with Crippen molar-refractivity contribution in [1.82, 2.24) is 0 Å². The molecule has 3 heteroatoms. The third kappa shape index (κ3) is 4.47. The highest BCUT2D eigenvalue weighted by atomic mass is 16.3. The Morgan fingerprint density at radius 2 is 2.10 bits per heavy atom. The van der Waals surface area contributed by atoms with Gasteiger partial charge in [-0.15, -0.1) is 0 Å². The van der Waals surface area contributed by atoms with Gasteiger partial charge in [0.25, 0.3) is 0 Å². The molecule has 0 rings (SSSR count). The van der Waals surface area contributed by atoms with Crippen LogP contribution >= 0.6 is 0 Å². The van der Waals surface area contributed by atoms with Crippen LogP contribution in [0.1, 0.15) is 26.7 Å². The Bertz CT molecular complexity index is 118. The lowest BCUT2D eigenvalue weighted by atomic mass is 9.97. The molecule has 0 bridgehead atoms. The van der Waals surface area contributed by atoms with Crippen LogP contribution in [-0.2, 0) is 4.79 Å². The fourth-order valence-corrected chi connectivity index (χ4v) is 0.866. The number of hydrogen-bond acceptors (Lipinski definition) is 3. The van der Waals surface area contributed by atoms with E-state index < -0.39 is 5.60 Å². The van der Waals surface area contributed by atoms with Crippen molar-refractivity contribution in [3.05, 3.63) is 0 Å². The second-order valence-corrected chi connectivity index (χ2v) is 2.85. The van der Waals surface area contributed by atoms with Gasteiger partial charge in [0.15, 0.2) is 0 Å². The van der Waals surface area contributed by atoms with Crippen LogP contribution in [0, 0.1) is 0 Å². The molecule has 0 aliphatic carbocycles. The third-order valence-electron chi connectivity index (χ3n) is 1.28. The normalized spacial score (nSPS) is 16.4. The minimum Gasteiger partial charge on any atom is -0.396 e. The Morgan fingerprint density at radius 1 is 1.60 bits per heavy atom. The van der Waals surface area contributed by atoms with Crippen molar-refractivity contribution in [3.63, 3.8) is 0 Å². The molecule has 0 aromatic carbocycles. The van der Waals surface area contributed by atoms with Crippen LogP contribution in [0.4, 0.5) is 0 Å². The van der Waals surface area contributed by atoms with Crippen LogP contribution in [0.25, 0.3) is 0 Å². The van der Waals surface area contributed by atoms with Gasteiger partial charge >= 0.3 is 0 Å². The topological polar surface area (TPSA) is 57.5 Å². The molecule has 0 spiro atoms. The lowest BCUT2D eigenvalue weighted by molar-refractivity contribution is -0.121. The second kappa shape index (κ2) is 3.68. The molecular formula is C7H14O3. The second-order valence-electron chi connectivity index (χ2n) is 2.85. The zero-order valence-corrected chi connectivity index (χ0v) is 6.42. The molecule has 0 amide bonds. The predicted molar refractivity (Wildman–Crippen MR) is 37.6 cm³/mol. The highest BCUT2D eigenvalue weighted by Crippen LogP contribution is 2.13. The van der Waals surface area contributed by atoms with E-state index >= 15 is 0 Å². The van der Waals surface area contributed by atoms with Crippen molar-refractivity contribution >= 4 is 5.78 Å². The predicted octanol–water partition coefficient (Wildman–Crippen LogP) is 0.0989. The lowest BCUT2D eigenvalue weighted by Crippen LogP contribution is -2.28. The average Bonchev–Trinajstić information content (AvgIpc) is 1.59. The van der Waals surface area contributed by atoms with Crippen LogP contribution in [0.15, 0.2) is 0 Å². The van der Waals surface area contributed by atoms with Crippen molar-refractivity contribution in [3.8, 4) is 0 Å². The Morgan fingerprint density at radius 3 is 2.40 bits per heavy atom. The number of aliphatic hydroxyl groups excluding tert-OH is 1. The van der Waals surface area contributed by atoms with Crippen LogP contribution in [-0.4, -0.2) is 28.2 Å². The molecule has 0 aromatic heterocycles. The smallest absolute Gasteiger partial charge is 0.132 e. The first-order chi connectivity index (χ1) is 4.48. The summed E-state index contributed by atoms with van der Waals surface area (Å²) in [5.41, 5.74) is -1.03. The van der Waals surface area contributed by atoms with E-state index in [1.165, 1.54) is 6.92 Å². The summed E-state index contributed by atoms with van der Waals surface area (Å²) in [7, 11) is 0. The molecule has 0 aromatic rings. The number of hydrogen-bond donors (Lipinski definition) is 2. The van der Waals surface area contributed by atoms with Crippen LogP contribution in [0.2, 0.25) is 0 Å². The van der Waals surface area contributed by atoms with Crippen LogP contribution in [0.5, 0.6) is 0 Å². The Labute approximate surface area is 60.7 Å². The fraction of sp³-hybridized carbons (Fsp3) is 0.857. The first kappa shape index (κ1) is 9.59. The summed E-state index contributed by atoms with van der Waals surface area (Å²) in [4.78, 5) is 10.5. The summed E-state index contributed by atoms with van der Waals surface area (Å²) in [6.07, 6.45) is 0.375. The van der Waals surface area contributed by atoms with Crippen LogP contribution < -0.4 is 0 Å². The highest BCUT2D eigenvalue weighted by Gasteiger charge is 2.20. The van der Waals surface area contributed by atoms with E-state index in [9.17, 15) is 9.90 Å². The minimum atomic E-state index is -1.03. The number of aliphatic hydroxyl groups is 2. The molecule has 60 valence electrons. The van der Waals surface area contributed by atoms with Crippen molar-refractivity contribution < 1.29 is 15.0 Å². The molecule has 0 aliphatic rings. The molecule has 1 unspecified atom stereocenters. The van der Waals surface area contributed by atoms with Gasteiger partial charge in [0.2, 0.25) is 0 Å². The maximum atomic E-state index is 10.5. The summed E-state index contributed by atoms with van der Waals surface area (Å²) < 4.78 is 0. The zero-order chi connectivity index (χ0) is 8.20. The standard InChI is InChI=1S/C7H14O3/c1-6(9)5-7(2,10)3-4-8/h8,10H,3-5H2,1-2H3. The van der Waals surface area contributed by atoms with Gasteiger partial charge in [0.05, 0.1) is 5.60 Å². The molecule has 2 N–H and O–H groups in total. The van der Waals surface area contributed by atoms with Gasteiger partial charge in [-0.05, 0) is 20.3 Å². The number of carbonyl (C=O) groups excluding carboxylic acids is 1. The van der Waals surface area contributed by atoms with Gasteiger partial charge in [0, 0.05) is 13.0 Å². The highest BCUT2D eigenvalue weighted by molar-refractivity contribution is 5.76. The molecule has 10 heavy (non-hydrogen) atoms. The molecule has 0 radical (unpaired) electrons. The first-order valence-corrected chi connectivity index (χ1v) is 3.30. The SMILES string of the molecule is CC(=O)CC(C)(O)CCO. The monoisotopic (exact) mass is 146 g/mol. The van der Waals surface area contributed by atoms with Crippen molar-refractivity contribution in [1.29, 1.82) is 0 Å². The summed E-state index contributed by atoms with van der Waals surface area (Å²) >= 11 is 0. The van der Waals surface area contributed by atoms with Crippen molar-refractivity contribution in [2.75, 3.05) is 6.61 Å². The van der Waals surface area contributed by atoms with E-state index in [1.807, 2.05) is 0 Å². The Kier molecular flexibility index (Phi) is 3.53. The summed E-state index contributed by atoms with van der Waals surface area (Å²) in [6, 6.07) is 0. The van der Waals surface area contributed by atoms with Gasteiger partial charge in [-0.1, -0.05) is 0 Å². The molecule has 0 fully saturated rings. The zero-order valence-electron chi connectivity index (χ0n) is 6.42. The largest absolute Gasteiger partial charge is 0.396 e. The molecular weight excluding hydrogens is 132 g/mol. The number of rotatable bonds is 4. The van der Waals surface area contributed by atoms with E-state index in [2.05, 4.69) is 0 Å². The van der Waals surface area contributed by atoms with Gasteiger partial charge in [0.1, 0.15) is 5.78 Å². The maximum absolute atomic E-state index is 10.5. The number of Topliss-reactive ketones (excluding diaryl/α,β-unsaturated/α-hetero) is 1. The van der Waals surface area contributed by atoms with Gasteiger partial charge in [-0.3, -0.25) is 4.79 Å².